The lowest BCUT2D eigenvalue weighted by Gasteiger charge is -2.24. The number of likely N-dealkylation sites (tertiary alicyclic amines) is 1. The van der Waals surface area contributed by atoms with E-state index in [9.17, 15) is 9.59 Å². The molecule has 1 heterocycles. The molecule has 0 aliphatic carbocycles. The molecule has 0 spiro atoms. The van der Waals surface area contributed by atoms with Gasteiger partial charge in [0.05, 0.1) is 24.1 Å². The van der Waals surface area contributed by atoms with Crippen LogP contribution in [0.1, 0.15) is 50.9 Å². The first-order chi connectivity index (χ1) is 13.6. The minimum absolute atomic E-state index is 0.166. The highest BCUT2D eigenvalue weighted by molar-refractivity contribution is 9.10. The maximum atomic E-state index is 13.1. The number of amides is 1. The smallest absolute Gasteiger partial charge is 0.316 e. The summed E-state index contributed by atoms with van der Waals surface area (Å²) in [6.07, 6.45) is 2.18. The number of carbonyl (C=O) groups excluding carboxylic acids is 2. The minimum Gasteiger partial charge on any atom is -0.495 e. The summed E-state index contributed by atoms with van der Waals surface area (Å²) in [5.74, 6) is -0.103. The zero-order valence-corrected chi connectivity index (χ0v) is 19.6. The molecule has 0 bridgehead atoms. The number of rotatable bonds is 7. The SMILES string of the molecule is CCN1CCCC1CNC(=O)c1c(OC)c(Br)cc(OC(=O)C(C)(C)C)c1OC. The van der Waals surface area contributed by atoms with Crippen LogP contribution in [0, 0.1) is 5.41 Å². The zero-order chi connectivity index (χ0) is 21.8. The Hall–Kier alpha value is -1.80. The minimum atomic E-state index is -0.702. The molecule has 7 nitrogen and oxygen atoms in total. The quantitative estimate of drug-likeness (QED) is 0.484. The number of nitrogens with one attached hydrogen (secondary N) is 1. The summed E-state index contributed by atoms with van der Waals surface area (Å²) in [7, 11) is 2.91. The number of halogens is 1. The number of methoxy groups -OCH3 is 2. The van der Waals surface area contributed by atoms with Crippen molar-refractivity contribution in [3.63, 3.8) is 0 Å². The van der Waals surface area contributed by atoms with Gasteiger partial charge in [0.25, 0.3) is 5.91 Å². The molecular formula is C21H31BrN2O5. The largest absolute Gasteiger partial charge is 0.495 e. The zero-order valence-electron chi connectivity index (χ0n) is 18.1. The van der Waals surface area contributed by atoms with Gasteiger partial charge in [0.15, 0.2) is 11.5 Å². The van der Waals surface area contributed by atoms with E-state index in [-0.39, 0.29) is 23.0 Å². The van der Waals surface area contributed by atoms with Crippen LogP contribution in [0.25, 0.3) is 0 Å². The summed E-state index contributed by atoms with van der Waals surface area (Å²) in [6.45, 7) is 9.93. The Balaban J connectivity index is 2.35. The van der Waals surface area contributed by atoms with E-state index in [0.717, 1.165) is 25.9 Å². The van der Waals surface area contributed by atoms with Crippen LogP contribution in [0.15, 0.2) is 10.5 Å². The van der Waals surface area contributed by atoms with Gasteiger partial charge in [-0.05, 0) is 62.6 Å². The average Bonchev–Trinajstić information content (AvgIpc) is 3.12. The lowest BCUT2D eigenvalue weighted by molar-refractivity contribution is -0.143. The first kappa shape index (κ1) is 23.5. The predicted octanol–water partition coefficient (Wildman–Crippen LogP) is 3.63. The Bertz CT molecular complexity index is 760. The normalized spacial score (nSPS) is 17.1. The Labute approximate surface area is 181 Å². The molecular weight excluding hydrogens is 440 g/mol. The third-order valence-corrected chi connectivity index (χ3v) is 5.60. The maximum Gasteiger partial charge on any atom is 0.316 e. The predicted molar refractivity (Wildman–Crippen MR) is 115 cm³/mol. The van der Waals surface area contributed by atoms with Crippen LogP contribution < -0.4 is 19.5 Å². The van der Waals surface area contributed by atoms with Gasteiger partial charge in [0.2, 0.25) is 0 Å². The van der Waals surface area contributed by atoms with Crippen LogP contribution in [0.4, 0.5) is 0 Å². The van der Waals surface area contributed by atoms with Crippen molar-refractivity contribution in [2.75, 3.05) is 33.9 Å². The number of hydrogen-bond acceptors (Lipinski definition) is 6. The van der Waals surface area contributed by atoms with Gasteiger partial charge in [0, 0.05) is 18.7 Å². The molecule has 0 saturated carbocycles. The van der Waals surface area contributed by atoms with E-state index in [2.05, 4.69) is 33.1 Å². The van der Waals surface area contributed by atoms with Crippen molar-refractivity contribution in [2.24, 2.45) is 5.41 Å². The van der Waals surface area contributed by atoms with Crippen LogP contribution in [-0.4, -0.2) is 56.7 Å². The first-order valence-corrected chi connectivity index (χ1v) is 10.6. The monoisotopic (exact) mass is 470 g/mol. The van der Waals surface area contributed by atoms with Crippen molar-refractivity contribution >= 4 is 27.8 Å². The van der Waals surface area contributed by atoms with Gasteiger partial charge in [-0.1, -0.05) is 6.92 Å². The Morgan fingerprint density at radius 2 is 1.90 bits per heavy atom. The topological polar surface area (TPSA) is 77.1 Å². The molecule has 1 aliphatic heterocycles. The number of nitrogens with zero attached hydrogens (tertiary/aromatic N) is 1. The fourth-order valence-corrected chi connectivity index (χ4v) is 3.94. The van der Waals surface area contributed by atoms with E-state index >= 15 is 0 Å². The second-order valence-electron chi connectivity index (χ2n) is 8.07. The molecule has 1 aliphatic rings. The van der Waals surface area contributed by atoms with Gasteiger partial charge in [-0.3, -0.25) is 14.5 Å². The summed E-state index contributed by atoms with van der Waals surface area (Å²) >= 11 is 3.41. The Morgan fingerprint density at radius 1 is 1.24 bits per heavy atom. The third kappa shape index (κ3) is 5.42. The van der Waals surface area contributed by atoms with Crippen molar-refractivity contribution < 1.29 is 23.8 Å². The second kappa shape index (κ2) is 9.80. The summed E-state index contributed by atoms with van der Waals surface area (Å²) in [5, 5.41) is 2.99. The number of benzene rings is 1. The fourth-order valence-electron chi connectivity index (χ4n) is 3.37. The molecule has 29 heavy (non-hydrogen) atoms. The number of likely N-dealkylation sites (N-methyl/N-ethyl adjacent to an activating group) is 1. The van der Waals surface area contributed by atoms with Gasteiger partial charge >= 0.3 is 5.97 Å². The molecule has 1 amide bonds. The van der Waals surface area contributed by atoms with E-state index in [0.29, 0.717) is 22.8 Å². The highest BCUT2D eigenvalue weighted by Gasteiger charge is 2.31. The molecule has 1 aromatic carbocycles. The van der Waals surface area contributed by atoms with E-state index in [4.69, 9.17) is 14.2 Å². The summed E-state index contributed by atoms with van der Waals surface area (Å²) in [5.41, 5.74) is -0.506. The number of ether oxygens (including phenoxy) is 3. The summed E-state index contributed by atoms with van der Waals surface area (Å²) in [4.78, 5) is 27.8. The molecule has 1 N–H and O–H groups in total. The molecule has 1 unspecified atom stereocenters. The van der Waals surface area contributed by atoms with Crippen LogP contribution in [0.2, 0.25) is 0 Å². The van der Waals surface area contributed by atoms with Gasteiger partial charge in [-0.2, -0.15) is 0 Å². The summed E-state index contributed by atoms with van der Waals surface area (Å²) < 4.78 is 17.0. The van der Waals surface area contributed by atoms with Crippen molar-refractivity contribution in [2.45, 2.75) is 46.6 Å². The van der Waals surface area contributed by atoms with E-state index < -0.39 is 11.4 Å². The van der Waals surface area contributed by atoms with Gasteiger partial charge < -0.3 is 19.5 Å². The van der Waals surface area contributed by atoms with Crippen molar-refractivity contribution in [3.05, 3.63) is 16.1 Å². The van der Waals surface area contributed by atoms with Crippen LogP contribution in [0.5, 0.6) is 17.2 Å². The lowest BCUT2D eigenvalue weighted by atomic mass is 9.97. The van der Waals surface area contributed by atoms with E-state index in [1.807, 2.05) is 0 Å². The molecule has 1 fully saturated rings. The molecule has 8 heteroatoms. The number of esters is 1. The number of carbonyl (C=O) groups is 2. The van der Waals surface area contributed by atoms with Crippen LogP contribution in [0.3, 0.4) is 0 Å². The third-order valence-electron chi connectivity index (χ3n) is 5.01. The second-order valence-corrected chi connectivity index (χ2v) is 8.93. The Morgan fingerprint density at radius 3 is 2.45 bits per heavy atom. The van der Waals surface area contributed by atoms with E-state index in [1.54, 1.807) is 26.8 Å². The van der Waals surface area contributed by atoms with Crippen molar-refractivity contribution in [3.8, 4) is 17.2 Å². The van der Waals surface area contributed by atoms with Crippen molar-refractivity contribution in [1.29, 1.82) is 0 Å². The van der Waals surface area contributed by atoms with Crippen LogP contribution in [-0.2, 0) is 4.79 Å². The van der Waals surface area contributed by atoms with Crippen LogP contribution >= 0.6 is 15.9 Å². The van der Waals surface area contributed by atoms with Gasteiger partial charge in [-0.25, -0.2) is 0 Å². The molecule has 0 aromatic heterocycles. The number of hydrogen-bond donors (Lipinski definition) is 1. The lowest BCUT2D eigenvalue weighted by Crippen LogP contribution is -2.40. The molecule has 1 saturated heterocycles. The first-order valence-electron chi connectivity index (χ1n) is 9.83. The molecule has 0 radical (unpaired) electrons. The highest BCUT2D eigenvalue weighted by Crippen LogP contribution is 2.43. The fraction of sp³-hybridized carbons (Fsp3) is 0.619. The Kier molecular flexibility index (Phi) is 7.94. The van der Waals surface area contributed by atoms with Gasteiger partial charge in [0.1, 0.15) is 11.3 Å². The summed E-state index contributed by atoms with van der Waals surface area (Å²) in [6, 6.07) is 1.89. The van der Waals surface area contributed by atoms with Gasteiger partial charge in [-0.15, -0.1) is 0 Å². The average molecular weight is 471 g/mol. The molecule has 162 valence electrons. The molecule has 2 rings (SSSR count). The standard InChI is InChI=1S/C21H31BrN2O5/c1-7-24-10-8-9-13(24)12-23-19(25)16-17(27-5)14(22)11-15(18(16)28-6)29-20(26)21(2,3)4/h11,13H,7-10,12H2,1-6H3,(H,23,25). The molecule has 1 atom stereocenters. The highest BCUT2D eigenvalue weighted by atomic mass is 79.9. The van der Waals surface area contributed by atoms with E-state index in [1.165, 1.54) is 14.2 Å². The van der Waals surface area contributed by atoms with Crippen molar-refractivity contribution in [1.82, 2.24) is 10.2 Å². The maximum absolute atomic E-state index is 13.1. The molecule has 1 aromatic rings.